The number of nitrogens with two attached hydrogens (primary N) is 1. The van der Waals surface area contributed by atoms with E-state index in [1.54, 1.807) is 6.92 Å². The van der Waals surface area contributed by atoms with Crippen LogP contribution in [-0.4, -0.2) is 16.9 Å². The van der Waals surface area contributed by atoms with Crippen LogP contribution in [-0.2, 0) is 11.2 Å². The van der Waals surface area contributed by atoms with E-state index in [4.69, 9.17) is 22.3 Å². The summed E-state index contributed by atoms with van der Waals surface area (Å²) >= 11 is 6.11. The maximum Gasteiger partial charge on any atom is 0.217 e. The number of pyridine rings is 1. The number of aromatic nitrogens is 1. The van der Waals surface area contributed by atoms with Crippen molar-refractivity contribution in [1.82, 2.24) is 10.3 Å². The molecule has 0 radical (unpaired) electrons. The van der Waals surface area contributed by atoms with Crippen LogP contribution in [0.3, 0.4) is 0 Å². The van der Waals surface area contributed by atoms with Crippen molar-refractivity contribution in [1.29, 1.82) is 0 Å². The molecule has 0 unspecified atom stereocenters. The highest BCUT2D eigenvalue weighted by Crippen LogP contribution is 2.46. The van der Waals surface area contributed by atoms with Crippen molar-refractivity contribution < 1.29 is 4.79 Å². The van der Waals surface area contributed by atoms with Crippen molar-refractivity contribution in [2.24, 2.45) is 5.92 Å². The van der Waals surface area contributed by atoms with Gasteiger partial charge in [-0.2, -0.15) is 0 Å². The van der Waals surface area contributed by atoms with Crippen molar-refractivity contribution in [2.75, 3.05) is 5.73 Å². The van der Waals surface area contributed by atoms with E-state index in [-0.39, 0.29) is 23.8 Å². The molecule has 124 valence electrons. The van der Waals surface area contributed by atoms with Gasteiger partial charge in [-0.05, 0) is 38.0 Å². The third-order valence-corrected chi connectivity index (χ3v) is 5.45. The van der Waals surface area contributed by atoms with Gasteiger partial charge in [0.05, 0.1) is 5.52 Å². The Morgan fingerprint density at radius 3 is 2.92 bits per heavy atom. The topological polar surface area (TPSA) is 68.0 Å². The lowest BCUT2D eigenvalue weighted by molar-refractivity contribution is -0.120. The molecule has 5 heteroatoms. The fourth-order valence-electron chi connectivity index (χ4n) is 4.34. The highest BCUT2D eigenvalue weighted by atomic mass is 35.5. The van der Waals surface area contributed by atoms with Gasteiger partial charge < -0.3 is 11.1 Å². The number of nitrogens with zero attached hydrogens (tertiary/aromatic N) is 1. The van der Waals surface area contributed by atoms with E-state index in [2.05, 4.69) is 18.3 Å². The zero-order chi connectivity index (χ0) is 17.0. The highest BCUT2D eigenvalue weighted by Gasteiger charge is 2.41. The van der Waals surface area contributed by atoms with Crippen molar-refractivity contribution >= 4 is 34.1 Å². The number of hydrogen-bond acceptors (Lipinski definition) is 3. The third kappa shape index (κ3) is 2.37. The van der Waals surface area contributed by atoms with Gasteiger partial charge in [0.2, 0.25) is 5.91 Å². The summed E-state index contributed by atoms with van der Waals surface area (Å²) in [6, 6.07) is 5.74. The average molecular weight is 342 g/mol. The van der Waals surface area contributed by atoms with Gasteiger partial charge in [0.1, 0.15) is 0 Å². The van der Waals surface area contributed by atoms with Gasteiger partial charge in [-0.15, -0.1) is 0 Å². The number of carbonyl (C=O) groups is 1. The second-order valence-corrected chi connectivity index (χ2v) is 7.40. The van der Waals surface area contributed by atoms with Gasteiger partial charge >= 0.3 is 0 Å². The summed E-state index contributed by atoms with van der Waals surface area (Å²) in [7, 11) is 0. The molecule has 3 N–H and O–H groups in total. The predicted octanol–water partition coefficient (Wildman–Crippen LogP) is 3.58. The van der Waals surface area contributed by atoms with Crippen LogP contribution in [0.2, 0.25) is 5.02 Å². The molecule has 0 aliphatic heterocycles. The Morgan fingerprint density at radius 1 is 1.38 bits per heavy atom. The smallest absolute Gasteiger partial charge is 0.217 e. The molecule has 3 atom stereocenters. The van der Waals surface area contributed by atoms with Crippen molar-refractivity contribution in [3.8, 4) is 0 Å². The van der Waals surface area contributed by atoms with E-state index in [0.29, 0.717) is 5.02 Å². The summed E-state index contributed by atoms with van der Waals surface area (Å²) in [6.45, 7) is 3.73. The molecule has 0 saturated carbocycles. The Kier molecular flexibility index (Phi) is 3.53. The maximum atomic E-state index is 11.7. The van der Waals surface area contributed by atoms with Crippen molar-refractivity contribution in [3.05, 3.63) is 46.1 Å². The lowest BCUT2D eigenvalue weighted by Crippen LogP contribution is -2.48. The summed E-state index contributed by atoms with van der Waals surface area (Å²) in [4.78, 5) is 16.5. The van der Waals surface area contributed by atoms with Crippen LogP contribution in [0.5, 0.6) is 0 Å². The Balaban J connectivity index is 1.92. The first-order valence-electron chi connectivity index (χ1n) is 8.26. The largest absolute Gasteiger partial charge is 0.398 e. The minimum absolute atomic E-state index is 0.00510. The number of nitrogens with one attached hydrogen (secondary N) is 1. The lowest BCUT2D eigenvalue weighted by atomic mass is 9.67. The summed E-state index contributed by atoms with van der Waals surface area (Å²) < 4.78 is 0. The quantitative estimate of drug-likeness (QED) is 0.779. The molecule has 2 aliphatic rings. The van der Waals surface area contributed by atoms with Crippen LogP contribution >= 0.6 is 11.6 Å². The number of amides is 1. The second-order valence-electron chi connectivity index (χ2n) is 6.97. The first kappa shape index (κ1) is 15.5. The molecule has 24 heavy (non-hydrogen) atoms. The number of nitrogen functional groups attached to an aromatic ring is 1. The molecule has 1 amide bonds. The normalized spacial score (nSPS) is 25.1. The fraction of sp³-hybridized carbons (Fsp3) is 0.368. The summed E-state index contributed by atoms with van der Waals surface area (Å²) in [5.74, 6) is 0.453. The minimum Gasteiger partial charge on any atom is -0.398 e. The number of rotatable bonds is 1. The molecule has 0 spiro atoms. The van der Waals surface area contributed by atoms with Crippen LogP contribution in [0.4, 0.5) is 5.69 Å². The van der Waals surface area contributed by atoms with Crippen LogP contribution in [0.15, 0.2) is 29.8 Å². The van der Waals surface area contributed by atoms with Gasteiger partial charge in [-0.1, -0.05) is 23.3 Å². The van der Waals surface area contributed by atoms with Crippen molar-refractivity contribution in [2.45, 2.75) is 38.6 Å². The molecule has 2 aromatic rings. The SMILES string of the molecule is CC(=O)N[C@H]1[C@@H]2CC(C)=C[C@H]1Cc1nc3cc(Cl)ccc3c(N)c12. The van der Waals surface area contributed by atoms with Crippen LogP contribution in [0.25, 0.3) is 10.9 Å². The first-order valence-corrected chi connectivity index (χ1v) is 8.63. The third-order valence-electron chi connectivity index (χ3n) is 5.21. The number of halogens is 1. The fourth-order valence-corrected chi connectivity index (χ4v) is 4.51. The molecule has 2 bridgehead atoms. The number of fused-ring (bicyclic) bond motifs is 5. The van der Waals surface area contributed by atoms with Crippen LogP contribution < -0.4 is 11.1 Å². The number of benzene rings is 1. The van der Waals surface area contributed by atoms with E-state index in [0.717, 1.165) is 40.7 Å². The highest BCUT2D eigenvalue weighted by molar-refractivity contribution is 6.31. The van der Waals surface area contributed by atoms with Gasteiger partial charge in [-0.3, -0.25) is 9.78 Å². The molecule has 0 saturated heterocycles. The van der Waals surface area contributed by atoms with E-state index in [1.807, 2.05) is 18.2 Å². The molecular weight excluding hydrogens is 322 g/mol. The van der Waals surface area contributed by atoms with Crippen LogP contribution in [0, 0.1) is 5.92 Å². The van der Waals surface area contributed by atoms with Crippen LogP contribution in [0.1, 0.15) is 37.4 Å². The van der Waals surface area contributed by atoms with E-state index >= 15 is 0 Å². The van der Waals surface area contributed by atoms with Gasteiger partial charge in [0.25, 0.3) is 0 Å². The molecule has 1 aromatic carbocycles. The van der Waals surface area contributed by atoms with E-state index in [1.165, 1.54) is 5.57 Å². The second kappa shape index (κ2) is 5.49. The zero-order valence-electron chi connectivity index (χ0n) is 13.8. The Morgan fingerprint density at radius 2 is 2.17 bits per heavy atom. The van der Waals surface area contributed by atoms with E-state index < -0.39 is 0 Å². The van der Waals surface area contributed by atoms with E-state index in [9.17, 15) is 4.79 Å². The van der Waals surface area contributed by atoms with Gasteiger partial charge in [0, 0.05) is 52.2 Å². The first-order chi connectivity index (χ1) is 11.4. The molecule has 0 fully saturated rings. The summed E-state index contributed by atoms with van der Waals surface area (Å²) in [5, 5.41) is 4.74. The number of carbonyl (C=O) groups excluding carboxylic acids is 1. The zero-order valence-corrected chi connectivity index (χ0v) is 14.5. The molecular formula is C19H20ClN3O. The standard InChI is InChI=1S/C19H20ClN3O/c1-9-5-11-7-16-17(14(6-9)19(11)22-10(2)24)18(21)13-4-3-12(20)8-15(13)23-16/h3-5,8,11,14,19H,6-7H2,1-2H3,(H2,21,23)(H,22,24)/t11-,14+,19+/m0/s1. The van der Waals surface area contributed by atoms with Gasteiger partial charge in [0.15, 0.2) is 0 Å². The Bertz CT molecular complexity index is 890. The molecule has 4 nitrogen and oxygen atoms in total. The predicted molar refractivity (Wildman–Crippen MR) is 97.1 cm³/mol. The van der Waals surface area contributed by atoms with Crippen molar-refractivity contribution in [3.63, 3.8) is 0 Å². The Hall–Kier alpha value is -2.07. The molecule has 1 heterocycles. The number of hydrogen-bond donors (Lipinski definition) is 2. The Labute approximate surface area is 146 Å². The lowest BCUT2D eigenvalue weighted by Gasteiger charge is -2.42. The molecule has 2 aliphatic carbocycles. The minimum atomic E-state index is 0.00510. The maximum absolute atomic E-state index is 11.7. The average Bonchev–Trinajstić information content (AvgIpc) is 2.48. The molecule has 4 rings (SSSR count). The van der Waals surface area contributed by atoms with Gasteiger partial charge in [-0.25, -0.2) is 0 Å². The number of anilines is 1. The number of allylic oxidation sites excluding steroid dienone is 1. The molecule has 1 aromatic heterocycles. The summed E-state index contributed by atoms with van der Waals surface area (Å²) in [6.07, 6.45) is 3.97. The monoisotopic (exact) mass is 341 g/mol. The summed E-state index contributed by atoms with van der Waals surface area (Å²) in [5.41, 5.74) is 11.7.